The topological polar surface area (TPSA) is 59.0 Å². The summed E-state index contributed by atoms with van der Waals surface area (Å²) in [6, 6.07) is 0. The van der Waals surface area contributed by atoms with Crippen molar-refractivity contribution < 1.29 is 7.65 Å². The van der Waals surface area contributed by atoms with Crippen molar-refractivity contribution in [1.29, 1.82) is 0 Å². The van der Waals surface area contributed by atoms with Crippen LogP contribution in [0.2, 0.25) is 0 Å². The van der Waals surface area contributed by atoms with Gasteiger partial charge < -0.3 is 10.6 Å². The summed E-state index contributed by atoms with van der Waals surface area (Å²) in [5.41, 5.74) is 0.720. The van der Waals surface area contributed by atoms with E-state index in [1.165, 1.54) is 0 Å². The number of carbonyl (C=O) groups is 1. The van der Waals surface area contributed by atoms with E-state index in [2.05, 4.69) is 15.7 Å². The van der Waals surface area contributed by atoms with E-state index in [4.69, 9.17) is 0 Å². The molecule has 0 fully saturated rings. The Morgan fingerprint density at radius 2 is 2.29 bits per heavy atom. The Morgan fingerprint density at radius 1 is 1.64 bits per heavy atom. The van der Waals surface area contributed by atoms with E-state index in [-0.39, 0.29) is 8.76 Å². The van der Waals surface area contributed by atoms with Crippen LogP contribution in [0.1, 0.15) is 16.7 Å². The molecule has 0 aliphatic rings. The highest BCUT2D eigenvalue weighted by molar-refractivity contribution is 5.91. The van der Waals surface area contributed by atoms with E-state index in [0.717, 1.165) is 5.69 Å². The molecule has 14 heavy (non-hydrogen) atoms. The van der Waals surface area contributed by atoms with Gasteiger partial charge in [-0.3, -0.25) is 9.48 Å². The molecule has 0 bridgehead atoms. The van der Waals surface area contributed by atoms with Crippen LogP contribution in [0.25, 0.3) is 0 Å². The molecule has 0 aromatic carbocycles. The Balaban J connectivity index is -0.000000399. The molecule has 1 rings (SSSR count). The van der Waals surface area contributed by atoms with Crippen molar-refractivity contribution >= 4 is 11.6 Å². The van der Waals surface area contributed by atoms with Crippen molar-refractivity contribution in [3.8, 4) is 0 Å². The van der Waals surface area contributed by atoms with Crippen LogP contribution in [0.5, 0.6) is 0 Å². The van der Waals surface area contributed by atoms with Gasteiger partial charge in [0.05, 0.1) is 18.4 Å². The average Bonchev–Trinajstić information content (AvgIpc) is 2.55. The van der Waals surface area contributed by atoms with Gasteiger partial charge in [-0.1, -0.05) is 13.8 Å². The minimum absolute atomic E-state index is 0. The van der Waals surface area contributed by atoms with Gasteiger partial charge in [-0.05, 0) is 7.05 Å². The summed E-state index contributed by atoms with van der Waals surface area (Å²) in [6.07, 6.45) is 3.35. The average molecular weight is 202 g/mol. The molecule has 84 valence electrons. The third-order valence-corrected chi connectivity index (χ3v) is 1.33. The number of hydrogen-bond acceptors (Lipinski definition) is 3. The summed E-state index contributed by atoms with van der Waals surface area (Å²) in [5, 5.41) is 9.35. The summed E-state index contributed by atoms with van der Waals surface area (Å²) < 4.78 is 1.63. The van der Waals surface area contributed by atoms with Crippen LogP contribution in [-0.4, -0.2) is 29.3 Å². The van der Waals surface area contributed by atoms with Gasteiger partial charge in [-0.2, -0.15) is 5.10 Å². The summed E-state index contributed by atoms with van der Waals surface area (Å²) >= 11 is 0. The van der Waals surface area contributed by atoms with Gasteiger partial charge in [0.15, 0.2) is 0 Å². The number of nitrogens with one attached hydrogen (secondary N) is 2. The Morgan fingerprint density at radius 3 is 2.71 bits per heavy atom. The van der Waals surface area contributed by atoms with E-state index in [1.54, 1.807) is 31.2 Å². The second-order valence-corrected chi connectivity index (χ2v) is 2.48. The number of likely N-dealkylation sites (N-methyl/N-ethyl adjacent to an activating group) is 1. The Hall–Kier alpha value is -1.36. The largest absolute Gasteiger partial charge is 0.322 e. The number of amides is 1. The van der Waals surface area contributed by atoms with E-state index < -0.39 is 0 Å². The smallest absolute Gasteiger partial charge is 0.238 e. The monoisotopic (exact) mass is 202 g/mol. The Bertz CT molecular complexity index is 278. The maximum Gasteiger partial charge on any atom is 0.238 e. The van der Waals surface area contributed by atoms with Gasteiger partial charge in [0.2, 0.25) is 5.91 Å². The maximum atomic E-state index is 11.0. The second-order valence-electron chi connectivity index (χ2n) is 2.48. The first-order chi connectivity index (χ1) is 6.72. The predicted octanol–water partition coefficient (Wildman–Crippen LogP) is 1.10. The van der Waals surface area contributed by atoms with Crippen LogP contribution < -0.4 is 10.6 Å². The third kappa shape index (κ3) is 4.61. The lowest BCUT2D eigenvalue weighted by Crippen LogP contribution is -2.24. The minimum Gasteiger partial charge on any atom is -0.322 e. The molecule has 0 aliphatic carbocycles. The normalized spacial score (nSPS) is 8.86. The summed E-state index contributed by atoms with van der Waals surface area (Å²) in [4.78, 5) is 11.0. The molecule has 5 heteroatoms. The molecule has 0 atom stereocenters. The van der Waals surface area contributed by atoms with Crippen molar-refractivity contribution in [1.82, 2.24) is 15.1 Å². The van der Waals surface area contributed by atoms with Crippen molar-refractivity contribution in [2.24, 2.45) is 7.05 Å². The first-order valence-electron chi connectivity index (χ1n) is 4.65. The quantitative estimate of drug-likeness (QED) is 0.771. The molecule has 1 heterocycles. The molecule has 0 radical (unpaired) electrons. The molecule has 5 nitrogen and oxygen atoms in total. The lowest BCUT2D eigenvalue weighted by Gasteiger charge is -1.99. The molecule has 0 spiro atoms. The standard InChI is InChI=1S/C7H12N4O.C2H6.2H2/c1-8-4-7(12)10-6-3-9-11(2)5-6;1-2;;/h3,5,8H,4H2,1-2H3,(H,10,12);1-2H3;2*1H. The van der Waals surface area contributed by atoms with Gasteiger partial charge in [-0.15, -0.1) is 0 Å². The molecule has 0 saturated carbocycles. The molecule has 0 aliphatic heterocycles. The highest BCUT2D eigenvalue weighted by atomic mass is 16.1. The Labute approximate surface area is 87.5 Å². The van der Waals surface area contributed by atoms with E-state index in [0.29, 0.717) is 6.54 Å². The van der Waals surface area contributed by atoms with Crippen LogP contribution in [-0.2, 0) is 11.8 Å². The van der Waals surface area contributed by atoms with Crippen LogP contribution in [0.4, 0.5) is 5.69 Å². The van der Waals surface area contributed by atoms with Crippen LogP contribution in [0.15, 0.2) is 12.4 Å². The number of rotatable bonds is 3. The summed E-state index contributed by atoms with van der Waals surface area (Å²) in [7, 11) is 3.52. The fourth-order valence-electron chi connectivity index (χ4n) is 0.852. The maximum absolute atomic E-state index is 11.0. The zero-order chi connectivity index (χ0) is 11.0. The highest BCUT2D eigenvalue weighted by Crippen LogP contribution is 2.01. The SMILES string of the molecule is CC.CNCC(=O)Nc1cnn(C)c1.[HH].[HH]. The molecule has 1 amide bonds. The van der Waals surface area contributed by atoms with E-state index in [9.17, 15) is 4.79 Å². The van der Waals surface area contributed by atoms with Gasteiger partial charge in [0.25, 0.3) is 0 Å². The zero-order valence-corrected chi connectivity index (χ0v) is 9.16. The second kappa shape index (κ2) is 7.08. The first kappa shape index (κ1) is 12.6. The molecule has 2 N–H and O–H groups in total. The fourth-order valence-corrected chi connectivity index (χ4v) is 0.852. The zero-order valence-electron chi connectivity index (χ0n) is 9.16. The molecule has 1 aromatic heterocycles. The van der Waals surface area contributed by atoms with Crippen LogP contribution in [0.3, 0.4) is 0 Å². The third-order valence-electron chi connectivity index (χ3n) is 1.33. The van der Waals surface area contributed by atoms with Gasteiger partial charge in [-0.25, -0.2) is 0 Å². The number of carbonyl (C=O) groups excluding carboxylic acids is 1. The first-order valence-corrected chi connectivity index (χ1v) is 4.65. The molecule has 0 saturated heterocycles. The molecular formula is C9H22N4O. The number of aromatic nitrogens is 2. The van der Waals surface area contributed by atoms with Gasteiger partial charge >= 0.3 is 0 Å². The number of aryl methyl sites for hydroxylation is 1. The van der Waals surface area contributed by atoms with Crippen molar-refractivity contribution in [2.45, 2.75) is 13.8 Å². The van der Waals surface area contributed by atoms with E-state index >= 15 is 0 Å². The number of hydrogen-bond donors (Lipinski definition) is 2. The highest BCUT2D eigenvalue weighted by Gasteiger charge is 2.00. The fraction of sp³-hybridized carbons (Fsp3) is 0.556. The number of anilines is 1. The number of nitrogens with zero attached hydrogens (tertiary/aromatic N) is 2. The van der Waals surface area contributed by atoms with Crippen molar-refractivity contribution in [3.63, 3.8) is 0 Å². The van der Waals surface area contributed by atoms with Gasteiger partial charge in [0.1, 0.15) is 0 Å². The Kier molecular flexibility index (Phi) is 6.39. The molecular weight excluding hydrogens is 180 g/mol. The molecule has 0 unspecified atom stereocenters. The summed E-state index contributed by atoms with van der Waals surface area (Å²) in [6.45, 7) is 4.31. The summed E-state index contributed by atoms with van der Waals surface area (Å²) in [5.74, 6) is -0.0644. The lowest BCUT2D eigenvalue weighted by molar-refractivity contribution is -0.115. The van der Waals surface area contributed by atoms with Gasteiger partial charge in [0, 0.05) is 16.1 Å². The molecule has 1 aromatic rings. The predicted molar refractivity (Wildman–Crippen MR) is 61.3 cm³/mol. The minimum atomic E-state index is -0.0644. The lowest BCUT2D eigenvalue weighted by atomic mass is 10.5. The van der Waals surface area contributed by atoms with Crippen LogP contribution in [0, 0.1) is 0 Å². The van der Waals surface area contributed by atoms with Crippen molar-refractivity contribution in [3.05, 3.63) is 12.4 Å². The van der Waals surface area contributed by atoms with Crippen molar-refractivity contribution in [2.75, 3.05) is 18.9 Å². The van der Waals surface area contributed by atoms with E-state index in [1.807, 2.05) is 13.8 Å². The van der Waals surface area contributed by atoms with Crippen LogP contribution >= 0.6 is 0 Å².